The Labute approximate surface area is 185 Å². The van der Waals surface area contributed by atoms with Crippen LogP contribution in [0.4, 0.5) is 0 Å². The number of piperazine rings is 1. The summed E-state index contributed by atoms with van der Waals surface area (Å²) in [6, 6.07) is 0. The van der Waals surface area contributed by atoms with Crippen LogP contribution >= 0.6 is 0 Å². The summed E-state index contributed by atoms with van der Waals surface area (Å²) >= 11 is 0. The van der Waals surface area contributed by atoms with Crippen LogP contribution in [-0.4, -0.2) is 64.9 Å². The highest BCUT2D eigenvalue weighted by Crippen LogP contribution is 2.27. The molecule has 0 aromatic carbocycles. The van der Waals surface area contributed by atoms with Crippen molar-refractivity contribution in [3.63, 3.8) is 0 Å². The number of ether oxygens (including phenoxy) is 1. The fourth-order valence-electron chi connectivity index (χ4n) is 4.82. The van der Waals surface area contributed by atoms with Crippen LogP contribution in [0.2, 0.25) is 0 Å². The molecular weight excluding hydrogens is 394 g/mol. The summed E-state index contributed by atoms with van der Waals surface area (Å²) in [6.07, 6.45) is 7.85. The maximum atomic E-state index is 13.1. The SMILES string of the molecule is Cc1[nH]c(C(=O)N2CCN(C(=O)CCC3CCCCC3)CC2)c(C)c1C(=O)OC(C)C. The summed E-state index contributed by atoms with van der Waals surface area (Å²) in [5.41, 5.74) is 2.14. The van der Waals surface area contributed by atoms with Gasteiger partial charge in [-0.3, -0.25) is 9.59 Å². The van der Waals surface area contributed by atoms with Crippen LogP contribution < -0.4 is 0 Å². The van der Waals surface area contributed by atoms with Crippen molar-refractivity contribution in [1.82, 2.24) is 14.8 Å². The van der Waals surface area contributed by atoms with Gasteiger partial charge in [0, 0.05) is 38.3 Å². The lowest BCUT2D eigenvalue weighted by atomic mass is 9.86. The minimum absolute atomic E-state index is 0.126. The topological polar surface area (TPSA) is 82.7 Å². The van der Waals surface area contributed by atoms with Crippen molar-refractivity contribution in [3.05, 3.63) is 22.5 Å². The number of aryl methyl sites for hydroxylation is 1. The third kappa shape index (κ3) is 5.69. The molecule has 0 unspecified atom stereocenters. The zero-order valence-corrected chi connectivity index (χ0v) is 19.5. The standard InChI is InChI=1S/C24H37N3O4/c1-16(2)31-24(30)21-17(3)22(25-18(21)4)23(29)27-14-12-26(13-15-27)20(28)11-10-19-8-6-5-7-9-19/h16,19,25H,5-15H2,1-4H3. The van der Waals surface area contributed by atoms with E-state index >= 15 is 0 Å². The number of nitrogens with zero attached hydrogens (tertiary/aromatic N) is 2. The van der Waals surface area contributed by atoms with E-state index < -0.39 is 5.97 Å². The van der Waals surface area contributed by atoms with Crippen molar-refractivity contribution in [2.24, 2.45) is 5.92 Å². The Balaban J connectivity index is 1.54. The predicted molar refractivity (Wildman–Crippen MR) is 119 cm³/mol. The number of aromatic nitrogens is 1. The quantitative estimate of drug-likeness (QED) is 0.694. The first-order valence-corrected chi connectivity index (χ1v) is 11.7. The molecule has 1 aromatic heterocycles. The molecule has 2 aliphatic rings. The van der Waals surface area contributed by atoms with E-state index in [2.05, 4.69) is 4.98 Å². The number of hydrogen-bond acceptors (Lipinski definition) is 4. The first kappa shape index (κ1) is 23.4. The van der Waals surface area contributed by atoms with Crippen molar-refractivity contribution < 1.29 is 19.1 Å². The minimum atomic E-state index is -0.409. The fourth-order valence-corrected chi connectivity index (χ4v) is 4.82. The number of H-pyrrole nitrogens is 1. The normalized spacial score (nSPS) is 17.8. The summed E-state index contributed by atoms with van der Waals surface area (Å²) in [7, 11) is 0. The van der Waals surface area contributed by atoms with Gasteiger partial charge in [0.2, 0.25) is 5.91 Å². The third-order valence-electron chi connectivity index (χ3n) is 6.61. The average molecular weight is 432 g/mol. The van der Waals surface area contributed by atoms with Crippen LogP contribution in [0.25, 0.3) is 0 Å². The van der Waals surface area contributed by atoms with Crippen molar-refractivity contribution in [2.45, 2.75) is 78.7 Å². The van der Waals surface area contributed by atoms with Crippen molar-refractivity contribution >= 4 is 17.8 Å². The van der Waals surface area contributed by atoms with E-state index in [0.717, 1.165) is 6.42 Å². The van der Waals surface area contributed by atoms with Crippen LogP contribution in [-0.2, 0) is 9.53 Å². The number of rotatable bonds is 6. The Kier molecular flexibility index (Phi) is 7.79. The van der Waals surface area contributed by atoms with Crippen LogP contribution in [0.1, 0.15) is 90.9 Å². The molecule has 2 heterocycles. The molecule has 7 heteroatoms. The van der Waals surface area contributed by atoms with Gasteiger partial charge in [0.25, 0.3) is 5.91 Å². The average Bonchev–Trinajstić information content (AvgIpc) is 3.05. The zero-order chi connectivity index (χ0) is 22.5. The Morgan fingerprint density at radius 1 is 1.00 bits per heavy atom. The van der Waals surface area contributed by atoms with Gasteiger partial charge in [-0.15, -0.1) is 0 Å². The molecule has 2 amide bonds. The van der Waals surface area contributed by atoms with Gasteiger partial charge < -0.3 is 19.5 Å². The lowest BCUT2D eigenvalue weighted by Crippen LogP contribution is -2.50. The molecule has 0 spiro atoms. The van der Waals surface area contributed by atoms with Crippen molar-refractivity contribution in [2.75, 3.05) is 26.2 Å². The van der Waals surface area contributed by atoms with E-state index in [1.165, 1.54) is 32.1 Å². The van der Waals surface area contributed by atoms with Crippen molar-refractivity contribution in [1.29, 1.82) is 0 Å². The van der Waals surface area contributed by atoms with E-state index in [0.29, 0.717) is 61.0 Å². The first-order valence-electron chi connectivity index (χ1n) is 11.7. The van der Waals surface area contributed by atoms with Crippen LogP contribution in [0, 0.1) is 19.8 Å². The van der Waals surface area contributed by atoms with E-state index in [1.54, 1.807) is 32.6 Å². The Bertz CT molecular complexity index is 800. The van der Waals surface area contributed by atoms with Gasteiger partial charge in [-0.2, -0.15) is 0 Å². The maximum absolute atomic E-state index is 13.1. The second-order valence-corrected chi connectivity index (χ2v) is 9.29. The maximum Gasteiger partial charge on any atom is 0.340 e. The first-order chi connectivity index (χ1) is 14.8. The molecule has 0 radical (unpaired) electrons. The molecule has 7 nitrogen and oxygen atoms in total. The van der Waals surface area contributed by atoms with E-state index in [4.69, 9.17) is 4.74 Å². The molecule has 1 N–H and O–H groups in total. The van der Waals surface area contributed by atoms with Gasteiger partial charge in [0.15, 0.2) is 0 Å². The molecule has 1 aromatic rings. The van der Waals surface area contributed by atoms with Gasteiger partial charge in [0.05, 0.1) is 11.7 Å². The molecule has 3 rings (SSSR count). The Hall–Kier alpha value is -2.31. The lowest BCUT2D eigenvalue weighted by Gasteiger charge is -2.35. The number of amides is 2. The number of aromatic amines is 1. The van der Waals surface area contributed by atoms with E-state index in [9.17, 15) is 14.4 Å². The van der Waals surface area contributed by atoms with Crippen molar-refractivity contribution in [3.8, 4) is 0 Å². The largest absolute Gasteiger partial charge is 0.459 e. The van der Waals surface area contributed by atoms with Crippen LogP contribution in [0.3, 0.4) is 0 Å². The van der Waals surface area contributed by atoms with Gasteiger partial charge in [0.1, 0.15) is 5.69 Å². The number of carbonyl (C=O) groups excluding carboxylic acids is 3. The van der Waals surface area contributed by atoms with Gasteiger partial charge in [-0.05, 0) is 45.6 Å². The monoisotopic (exact) mass is 431 g/mol. The van der Waals surface area contributed by atoms with E-state index in [1.807, 2.05) is 4.90 Å². The van der Waals surface area contributed by atoms with E-state index in [-0.39, 0.29) is 17.9 Å². The summed E-state index contributed by atoms with van der Waals surface area (Å²) < 4.78 is 5.32. The molecule has 1 aliphatic heterocycles. The molecule has 1 aliphatic carbocycles. The smallest absolute Gasteiger partial charge is 0.340 e. The predicted octanol–water partition coefficient (Wildman–Crippen LogP) is 3.84. The van der Waals surface area contributed by atoms with Gasteiger partial charge in [-0.1, -0.05) is 32.1 Å². The lowest BCUT2D eigenvalue weighted by molar-refractivity contribution is -0.133. The van der Waals surface area contributed by atoms with Gasteiger partial charge >= 0.3 is 5.97 Å². The summed E-state index contributed by atoms with van der Waals surface area (Å²) in [5, 5.41) is 0. The van der Waals surface area contributed by atoms with Gasteiger partial charge in [-0.25, -0.2) is 4.79 Å². The number of hydrogen-bond donors (Lipinski definition) is 1. The number of carbonyl (C=O) groups is 3. The molecule has 172 valence electrons. The molecule has 2 fully saturated rings. The molecule has 0 atom stereocenters. The highest BCUT2D eigenvalue weighted by molar-refractivity contribution is 6.00. The Morgan fingerprint density at radius 3 is 2.23 bits per heavy atom. The molecule has 31 heavy (non-hydrogen) atoms. The van der Waals surface area contributed by atoms with Crippen LogP contribution in [0.15, 0.2) is 0 Å². The fraction of sp³-hybridized carbons (Fsp3) is 0.708. The highest BCUT2D eigenvalue weighted by Gasteiger charge is 2.29. The highest BCUT2D eigenvalue weighted by atomic mass is 16.5. The summed E-state index contributed by atoms with van der Waals surface area (Å²) in [4.78, 5) is 44.8. The minimum Gasteiger partial charge on any atom is -0.459 e. The third-order valence-corrected chi connectivity index (χ3v) is 6.61. The molecule has 0 bridgehead atoms. The van der Waals surface area contributed by atoms with Crippen LogP contribution in [0.5, 0.6) is 0 Å². The molecular formula is C24H37N3O4. The second-order valence-electron chi connectivity index (χ2n) is 9.29. The molecule has 1 saturated heterocycles. The zero-order valence-electron chi connectivity index (χ0n) is 19.5. The number of nitrogens with one attached hydrogen (secondary N) is 1. The Morgan fingerprint density at radius 2 is 1.61 bits per heavy atom. The molecule has 1 saturated carbocycles. The summed E-state index contributed by atoms with van der Waals surface area (Å²) in [6.45, 7) is 9.32. The summed E-state index contributed by atoms with van der Waals surface area (Å²) in [5.74, 6) is 0.381. The second kappa shape index (κ2) is 10.3. The number of esters is 1.